The summed E-state index contributed by atoms with van der Waals surface area (Å²) in [5, 5.41) is 2.55. The minimum atomic E-state index is -2.81. The Labute approximate surface area is 178 Å². The van der Waals surface area contributed by atoms with Crippen molar-refractivity contribution in [3.63, 3.8) is 0 Å². The molecule has 164 valence electrons. The van der Waals surface area contributed by atoms with Gasteiger partial charge in [0.05, 0.1) is 11.0 Å². The zero-order chi connectivity index (χ0) is 22.2. The van der Waals surface area contributed by atoms with Crippen LogP contribution in [0.25, 0.3) is 11.0 Å². The summed E-state index contributed by atoms with van der Waals surface area (Å²) in [6, 6.07) is 15.7. The number of hydrogen-bond donors (Lipinski definition) is 1. The Morgan fingerprint density at radius 3 is 2.55 bits per heavy atom. The molecular formula is C22H23F2N3O4. The normalized spacial score (nSPS) is 12.0. The molecule has 1 N–H and O–H groups in total. The first-order valence-electron chi connectivity index (χ1n) is 9.84. The van der Waals surface area contributed by atoms with Crippen molar-refractivity contribution in [2.24, 2.45) is 0 Å². The molecule has 0 spiro atoms. The Hall–Kier alpha value is -3.49. The number of alkyl halides is 2. The summed E-state index contributed by atoms with van der Waals surface area (Å²) in [6.07, 6.45) is -1.20. The van der Waals surface area contributed by atoms with Gasteiger partial charge in [-0.3, -0.25) is 9.36 Å². The Kier molecular flexibility index (Phi) is 7.53. The number of hydrogen-bond acceptors (Lipinski definition) is 5. The second-order valence-electron chi connectivity index (χ2n) is 6.83. The van der Waals surface area contributed by atoms with Gasteiger partial charge in [-0.15, -0.1) is 0 Å². The van der Waals surface area contributed by atoms with Crippen LogP contribution in [0.2, 0.25) is 0 Å². The van der Waals surface area contributed by atoms with Gasteiger partial charge in [0, 0.05) is 13.0 Å². The van der Waals surface area contributed by atoms with Crippen LogP contribution in [0.4, 0.5) is 13.6 Å². The first-order valence-corrected chi connectivity index (χ1v) is 9.84. The monoisotopic (exact) mass is 431 g/mol. The first kappa shape index (κ1) is 22.2. The number of carbonyl (C=O) groups is 2. The van der Waals surface area contributed by atoms with Crippen LogP contribution in [0.15, 0.2) is 54.6 Å². The summed E-state index contributed by atoms with van der Waals surface area (Å²) in [6.45, 7) is -0.948. The number of benzene rings is 2. The molecule has 1 aromatic heterocycles. The van der Waals surface area contributed by atoms with Gasteiger partial charge in [0.25, 0.3) is 0 Å². The van der Waals surface area contributed by atoms with Crippen LogP contribution < -0.4 is 5.32 Å². The Morgan fingerprint density at radius 1 is 1.10 bits per heavy atom. The molecule has 0 aliphatic carbocycles. The standard InChI is InChI=1S/C22H23F2N3O4/c1-15(20-26-17-10-5-6-11-18(17)27(20)21(23)24)31-19(28)12-7-13-25-22(29)30-14-16-8-3-2-4-9-16/h2-6,8-11,15,21H,7,12-14H2,1H3,(H,25,29). The molecule has 31 heavy (non-hydrogen) atoms. The molecule has 0 bridgehead atoms. The van der Waals surface area contributed by atoms with E-state index < -0.39 is 24.7 Å². The third-order valence-electron chi connectivity index (χ3n) is 4.53. The topological polar surface area (TPSA) is 82.4 Å². The largest absolute Gasteiger partial charge is 0.454 e. The summed E-state index contributed by atoms with van der Waals surface area (Å²) in [4.78, 5) is 28.0. The van der Waals surface area contributed by atoms with E-state index in [9.17, 15) is 18.4 Å². The maximum absolute atomic E-state index is 13.5. The maximum Gasteiger partial charge on any atom is 0.407 e. The van der Waals surface area contributed by atoms with Crippen molar-refractivity contribution in [2.45, 2.75) is 39.0 Å². The summed E-state index contributed by atoms with van der Waals surface area (Å²) < 4.78 is 38.1. The van der Waals surface area contributed by atoms with Gasteiger partial charge >= 0.3 is 18.6 Å². The van der Waals surface area contributed by atoms with E-state index in [0.717, 1.165) is 10.1 Å². The molecule has 0 radical (unpaired) electrons. The zero-order valence-electron chi connectivity index (χ0n) is 17.0. The molecule has 1 amide bonds. The number of carbonyl (C=O) groups excluding carboxylic acids is 2. The van der Waals surface area contributed by atoms with Crippen molar-refractivity contribution < 1.29 is 27.8 Å². The van der Waals surface area contributed by atoms with E-state index in [0.29, 0.717) is 11.9 Å². The fourth-order valence-corrected chi connectivity index (χ4v) is 3.06. The smallest absolute Gasteiger partial charge is 0.407 e. The molecule has 1 atom stereocenters. The van der Waals surface area contributed by atoms with Crippen molar-refractivity contribution in [1.82, 2.24) is 14.9 Å². The number of alkyl carbamates (subject to hydrolysis) is 1. The van der Waals surface area contributed by atoms with Gasteiger partial charge in [0.1, 0.15) is 6.61 Å². The molecule has 0 saturated heterocycles. The number of fused-ring (bicyclic) bond motifs is 1. The highest BCUT2D eigenvalue weighted by molar-refractivity contribution is 5.76. The average Bonchev–Trinajstić information content (AvgIpc) is 3.16. The highest BCUT2D eigenvalue weighted by atomic mass is 19.3. The van der Waals surface area contributed by atoms with Gasteiger partial charge in [-0.05, 0) is 31.0 Å². The van der Waals surface area contributed by atoms with Crippen molar-refractivity contribution in [2.75, 3.05) is 6.54 Å². The number of halogens is 2. The molecule has 0 saturated carbocycles. The Bertz CT molecular complexity index is 1020. The highest BCUT2D eigenvalue weighted by Gasteiger charge is 2.24. The Balaban J connectivity index is 1.43. The number of esters is 1. The quantitative estimate of drug-likeness (QED) is 0.391. The van der Waals surface area contributed by atoms with E-state index in [1.54, 1.807) is 18.2 Å². The lowest BCUT2D eigenvalue weighted by molar-refractivity contribution is -0.149. The van der Waals surface area contributed by atoms with Crippen LogP contribution in [-0.2, 0) is 20.9 Å². The van der Waals surface area contributed by atoms with Gasteiger partial charge in [0.2, 0.25) is 0 Å². The lowest BCUT2D eigenvalue weighted by atomic mass is 10.2. The third kappa shape index (κ3) is 6.00. The molecular weight excluding hydrogens is 408 g/mol. The van der Waals surface area contributed by atoms with Gasteiger partial charge in [-0.2, -0.15) is 8.78 Å². The highest BCUT2D eigenvalue weighted by Crippen LogP contribution is 2.28. The molecule has 1 heterocycles. The summed E-state index contributed by atoms with van der Waals surface area (Å²) in [5.74, 6) is -0.591. The van der Waals surface area contributed by atoms with Crippen LogP contribution in [0, 0.1) is 0 Å². The minimum Gasteiger partial charge on any atom is -0.454 e. The molecule has 7 nitrogen and oxygen atoms in total. The van der Waals surface area contributed by atoms with Crippen LogP contribution in [0.5, 0.6) is 0 Å². The van der Waals surface area contributed by atoms with E-state index >= 15 is 0 Å². The van der Waals surface area contributed by atoms with Gasteiger partial charge in [-0.1, -0.05) is 42.5 Å². The number of nitrogens with zero attached hydrogens (tertiary/aromatic N) is 2. The Morgan fingerprint density at radius 2 is 1.81 bits per heavy atom. The molecule has 3 rings (SSSR count). The van der Waals surface area contributed by atoms with E-state index in [1.165, 1.54) is 13.0 Å². The summed E-state index contributed by atoms with van der Waals surface area (Å²) in [7, 11) is 0. The van der Waals surface area contributed by atoms with E-state index in [1.807, 2.05) is 30.3 Å². The lowest BCUT2D eigenvalue weighted by Crippen LogP contribution is -2.25. The van der Waals surface area contributed by atoms with Crippen molar-refractivity contribution in [3.05, 3.63) is 66.0 Å². The van der Waals surface area contributed by atoms with Gasteiger partial charge in [0.15, 0.2) is 11.9 Å². The predicted octanol–water partition coefficient (Wildman–Crippen LogP) is 4.74. The number of nitrogens with one attached hydrogen (secondary N) is 1. The SMILES string of the molecule is CC(OC(=O)CCCNC(=O)OCc1ccccc1)c1nc2ccccc2n1C(F)F. The van der Waals surface area contributed by atoms with Gasteiger partial charge in [-0.25, -0.2) is 9.78 Å². The zero-order valence-corrected chi connectivity index (χ0v) is 17.0. The van der Waals surface area contributed by atoms with Gasteiger partial charge < -0.3 is 14.8 Å². The summed E-state index contributed by atoms with van der Waals surface area (Å²) in [5.41, 5.74) is 1.54. The van der Waals surface area contributed by atoms with Crippen LogP contribution in [0.1, 0.15) is 43.8 Å². The molecule has 0 aliphatic rings. The first-order chi connectivity index (χ1) is 15.0. The molecule has 3 aromatic rings. The van der Waals surface area contributed by atoms with Crippen molar-refractivity contribution in [3.8, 4) is 0 Å². The van der Waals surface area contributed by atoms with E-state index in [4.69, 9.17) is 9.47 Å². The van der Waals surface area contributed by atoms with Crippen molar-refractivity contribution >= 4 is 23.1 Å². The third-order valence-corrected chi connectivity index (χ3v) is 4.53. The van der Waals surface area contributed by atoms with Crippen molar-refractivity contribution in [1.29, 1.82) is 0 Å². The minimum absolute atomic E-state index is 0.0121. The molecule has 1 unspecified atom stereocenters. The number of para-hydroxylation sites is 2. The molecule has 9 heteroatoms. The molecule has 0 fully saturated rings. The number of aromatic nitrogens is 2. The molecule has 0 aliphatic heterocycles. The number of ether oxygens (including phenoxy) is 2. The summed E-state index contributed by atoms with van der Waals surface area (Å²) >= 11 is 0. The number of rotatable bonds is 9. The fraction of sp³-hybridized carbons (Fsp3) is 0.318. The number of imidazole rings is 1. The average molecular weight is 431 g/mol. The van der Waals surface area contributed by atoms with E-state index in [2.05, 4.69) is 10.3 Å². The predicted molar refractivity (Wildman–Crippen MR) is 109 cm³/mol. The number of amides is 1. The fourth-order valence-electron chi connectivity index (χ4n) is 3.06. The van der Waals surface area contributed by atoms with E-state index in [-0.39, 0.29) is 30.9 Å². The second-order valence-corrected chi connectivity index (χ2v) is 6.83. The van der Waals surface area contributed by atoms with Crippen LogP contribution in [0.3, 0.4) is 0 Å². The van der Waals surface area contributed by atoms with Crippen LogP contribution >= 0.6 is 0 Å². The molecule has 2 aromatic carbocycles. The van der Waals surface area contributed by atoms with Crippen LogP contribution in [-0.4, -0.2) is 28.2 Å². The lowest BCUT2D eigenvalue weighted by Gasteiger charge is -2.15. The second kappa shape index (κ2) is 10.5. The maximum atomic E-state index is 13.5.